The molecule has 0 unspecified atom stereocenters. The molecule has 2 heterocycles. The zero-order chi connectivity index (χ0) is 30.1. The van der Waals surface area contributed by atoms with Gasteiger partial charge in [0.2, 0.25) is 5.91 Å². The van der Waals surface area contributed by atoms with Crippen LogP contribution in [0.4, 0.5) is 21.9 Å². The molecule has 2 aromatic carbocycles. The van der Waals surface area contributed by atoms with E-state index in [9.17, 15) is 9.59 Å². The van der Waals surface area contributed by atoms with Crippen molar-refractivity contribution in [3.63, 3.8) is 0 Å². The highest BCUT2D eigenvalue weighted by Crippen LogP contribution is 2.39. The van der Waals surface area contributed by atoms with E-state index in [1.165, 1.54) is 18.4 Å². The summed E-state index contributed by atoms with van der Waals surface area (Å²) in [7, 11) is 4.86. The van der Waals surface area contributed by atoms with Gasteiger partial charge in [-0.15, -0.1) is 0 Å². The number of carbonyl (C=O) groups excluding carboxylic acids is 2. The number of anilines is 2. The van der Waals surface area contributed by atoms with Gasteiger partial charge in [0.15, 0.2) is 0 Å². The number of nitrogens with one attached hydrogen (secondary N) is 2. The monoisotopic (exact) mass is 579 g/mol. The quantitative estimate of drug-likeness (QED) is 0.264. The molecular weight excluding hydrogens is 534 g/mol. The molecule has 2 N–H and O–H groups in total. The van der Waals surface area contributed by atoms with E-state index in [1.54, 1.807) is 7.11 Å². The molecule has 2 fully saturated rings. The van der Waals surface area contributed by atoms with Crippen molar-refractivity contribution in [2.24, 2.45) is 10.9 Å². The maximum Gasteiger partial charge on any atom is 0.407 e. The van der Waals surface area contributed by atoms with Crippen molar-refractivity contribution in [3.05, 3.63) is 48.0 Å². The lowest BCUT2D eigenvalue weighted by Gasteiger charge is -2.29. The first kappa shape index (κ1) is 31.2. The second-order valence-electron chi connectivity index (χ2n) is 11.1. The second-order valence-corrected chi connectivity index (χ2v) is 11.1. The molecule has 0 bridgehead atoms. The van der Waals surface area contributed by atoms with Crippen LogP contribution in [0.2, 0.25) is 0 Å². The molecule has 228 valence electrons. The summed E-state index contributed by atoms with van der Waals surface area (Å²) >= 11 is 0. The van der Waals surface area contributed by atoms with E-state index in [0.29, 0.717) is 19.8 Å². The second kappa shape index (κ2) is 14.9. The highest BCUT2D eigenvalue weighted by atomic mass is 16.5. The van der Waals surface area contributed by atoms with Gasteiger partial charge in [0, 0.05) is 39.1 Å². The van der Waals surface area contributed by atoms with Crippen molar-refractivity contribution < 1.29 is 23.8 Å². The van der Waals surface area contributed by atoms with Gasteiger partial charge in [0.05, 0.1) is 37.2 Å². The molecule has 2 aliphatic heterocycles. The number of hydrogen-bond acceptors (Lipinski definition) is 8. The largest absolute Gasteiger partial charge is 0.491 e. The maximum atomic E-state index is 13.4. The standard InChI is InChI=1S/C32H45N5O5/c1-22(2)30(35-32(39)41-5)31(38)37-17-6-8-25(37)21-34-28-20-23(10-15-27(28)33-3)29-9-7-16-36(29)24-11-13-26(14-12-24)42-19-18-40-4/h10-15,20-22,25,29-30,33H,6-9,16-19H2,1-5H3,(H,35,39)/t25-,29+,30-/m0/s1. The minimum Gasteiger partial charge on any atom is -0.491 e. The molecule has 0 radical (unpaired) electrons. The van der Waals surface area contributed by atoms with Crippen LogP contribution in [0.5, 0.6) is 5.75 Å². The Balaban J connectivity index is 1.50. The highest BCUT2D eigenvalue weighted by Gasteiger charge is 2.35. The molecular formula is C32H45N5O5. The maximum absolute atomic E-state index is 13.4. The Labute approximate surface area is 249 Å². The molecule has 10 heteroatoms. The third-order valence-electron chi connectivity index (χ3n) is 8.01. The van der Waals surface area contributed by atoms with Gasteiger partial charge in [-0.05, 0) is 73.6 Å². The Kier molecular flexibility index (Phi) is 11.1. The van der Waals surface area contributed by atoms with Crippen LogP contribution in [0.1, 0.15) is 51.1 Å². The van der Waals surface area contributed by atoms with Crippen LogP contribution in [0.15, 0.2) is 47.5 Å². The fraction of sp³-hybridized carbons (Fsp3) is 0.531. The van der Waals surface area contributed by atoms with E-state index in [4.69, 9.17) is 19.2 Å². The first-order chi connectivity index (χ1) is 20.4. The van der Waals surface area contributed by atoms with Crippen molar-refractivity contribution in [1.29, 1.82) is 0 Å². The van der Waals surface area contributed by atoms with E-state index < -0.39 is 12.1 Å². The summed E-state index contributed by atoms with van der Waals surface area (Å²) < 4.78 is 15.6. The molecule has 0 aromatic heterocycles. The molecule has 3 atom stereocenters. The van der Waals surface area contributed by atoms with Crippen molar-refractivity contribution in [2.75, 3.05) is 57.8 Å². The minimum absolute atomic E-state index is 0.0730. The molecule has 2 aliphatic rings. The predicted octanol–water partition coefficient (Wildman–Crippen LogP) is 5.17. The van der Waals surface area contributed by atoms with Crippen LogP contribution >= 0.6 is 0 Å². The van der Waals surface area contributed by atoms with E-state index in [1.807, 2.05) is 44.1 Å². The zero-order valence-electron chi connectivity index (χ0n) is 25.5. The number of carbonyl (C=O) groups is 2. The zero-order valence-corrected chi connectivity index (χ0v) is 25.5. The summed E-state index contributed by atoms with van der Waals surface area (Å²) in [6.07, 6.45) is 5.16. The molecule has 0 aliphatic carbocycles. The van der Waals surface area contributed by atoms with Gasteiger partial charge >= 0.3 is 6.09 Å². The summed E-state index contributed by atoms with van der Waals surface area (Å²) in [6, 6.07) is 14.1. The number of aliphatic imine (C=N–C) groups is 1. The van der Waals surface area contributed by atoms with Crippen LogP contribution in [0.3, 0.4) is 0 Å². The fourth-order valence-electron chi connectivity index (χ4n) is 5.74. The fourth-order valence-corrected chi connectivity index (χ4v) is 5.74. The molecule has 0 spiro atoms. The lowest BCUT2D eigenvalue weighted by atomic mass is 10.0. The van der Waals surface area contributed by atoms with Crippen molar-refractivity contribution in [3.8, 4) is 5.75 Å². The lowest BCUT2D eigenvalue weighted by molar-refractivity contribution is -0.134. The van der Waals surface area contributed by atoms with Crippen molar-refractivity contribution >= 4 is 35.3 Å². The molecule has 4 rings (SSSR count). The molecule has 10 nitrogen and oxygen atoms in total. The number of alkyl carbamates (subject to hydrolysis) is 1. The Bertz CT molecular complexity index is 1220. The SMILES string of the molecule is CNc1ccc([C@H]2CCCN2c2ccc(OCCOC)cc2)cc1N=C[C@@H]1CCCN1C(=O)[C@@H](NC(=O)OC)C(C)C. The van der Waals surface area contributed by atoms with Crippen LogP contribution < -0.4 is 20.3 Å². The Hall–Kier alpha value is -3.79. The number of hydrogen-bond donors (Lipinski definition) is 2. The van der Waals surface area contributed by atoms with Crippen LogP contribution in [-0.4, -0.2) is 82.8 Å². The smallest absolute Gasteiger partial charge is 0.407 e. The average Bonchev–Trinajstić information content (AvgIpc) is 3.69. The van der Waals surface area contributed by atoms with Gasteiger partial charge < -0.3 is 34.6 Å². The molecule has 2 saturated heterocycles. The number of benzene rings is 2. The summed E-state index contributed by atoms with van der Waals surface area (Å²) in [5, 5.41) is 5.96. The molecule has 42 heavy (non-hydrogen) atoms. The van der Waals surface area contributed by atoms with Crippen LogP contribution in [-0.2, 0) is 14.3 Å². The third-order valence-corrected chi connectivity index (χ3v) is 8.01. The molecule has 2 amide bonds. The summed E-state index contributed by atoms with van der Waals surface area (Å²) in [5.41, 5.74) is 4.15. The van der Waals surface area contributed by atoms with Gasteiger partial charge in [0.1, 0.15) is 18.4 Å². The number of methoxy groups -OCH3 is 2. The minimum atomic E-state index is -0.651. The number of ether oxygens (including phenoxy) is 3. The summed E-state index contributed by atoms with van der Waals surface area (Å²) in [4.78, 5) is 34.5. The average molecular weight is 580 g/mol. The number of nitrogens with zero attached hydrogens (tertiary/aromatic N) is 3. The van der Waals surface area contributed by atoms with Gasteiger partial charge in [-0.1, -0.05) is 19.9 Å². The Morgan fingerprint density at radius 1 is 1.05 bits per heavy atom. The van der Waals surface area contributed by atoms with Gasteiger partial charge in [0.25, 0.3) is 0 Å². The molecule has 0 saturated carbocycles. The van der Waals surface area contributed by atoms with E-state index in [-0.39, 0.29) is 23.9 Å². The third kappa shape index (κ3) is 7.53. The molecule has 2 aromatic rings. The Morgan fingerprint density at radius 3 is 2.50 bits per heavy atom. The van der Waals surface area contributed by atoms with Crippen molar-refractivity contribution in [2.45, 2.75) is 57.7 Å². The van der Waals surface area contributed by atoms with E-state index in [2.05, 4.69) is 45.9 Å². The van der Waals surface area contributed by atoms with Crippen LogP contribution in [0, 0.1) is 5.92 Å². The predicted molar refractivity (Wildman–Crippen MR) is 166 cm³/mol. The van der Waals surface area contributed by atoms with E-state index >= 15 is 0 Å². The topological polar surface area (TPSA) is 105 Å². The highest BCUT2D eigenvalue weighted by molar-refractivity contribution is 5.89. The lowest BCUT2D eigenvalue weighted by Crippen LogP contribution is -2.52. The first-order valence-corrected chi connectivity index (χ1v) is 14.9. The van der Waals surface area contributed by atoms with E-state index in [0.717, 1.165) is 49.4 Å². The summed E-state index contributed by atoms with van der Waals surface area (Å²) in [5.74, 6) is 0.654. The number of rotatable bonds is 12. The van der Waals surface area contributed by atoms with Gasteiger partial charge in [-0.25, -0.2) is 4.79 Å². The van der Waals surface area contributed by atoms with Crippen LogP contribution in [0.25, 0.3) is 0 Å². The Morgan fingerprint density at radius 2 is 1.81 bits per heavy atom. The van der Waals surface area contributed by atoms with Gasteiger partial charge in [-0.3, -0.25) is 9.79 Å². The number of likely N-dealkylation sites (tertiary alicyclic amines) is 1. The summed E-state index contributed by atoms with van der Waals surface area (Å²) in [6.45, 7) is 6.53. The normalized spacial score (nSPS) is 19.4. The van der Waals surface area contributed by atoms with Crippen molar-refractivity contribution in [1.82, 2.24) is 10.2 Å². The number of amides is 2. The van der Waals surface area contributed by atoms with Gasteiger partial charge in [-0.2, -0.15) is 0 Å². The first-order valence-electron chi connectivity index (χ1n) is 14.9.